The van der Waals surface area contributed by atoms with Gasteiger partial charge in [-0.25, -0.2) is 4.39 Å². The molecule has 3 aromatic rings. The zero-order valence-corrected chi connectivity index (χ0v) is 11.8. The average Bonchev–Trinajstić information content (AvgIpc) is 2.95. The van der Waals surface area contributed by atoms with Crippen molar-refractivity contribution in [3.05, 3.63) is 60.0 Å². The van der Waals surface area contributed by atoms with Gasteiger partial charge in [-0.2, -0.15) is 0 Å². The molecule has 0 bridgehead atoms. The van der Waals surface area contributed by atoms with Crippen LogP contribution in [0.25, 0.3) is 10.9 Å². The second-order valence-corrected chi connectivity index (χ2v) is 4.83. The maximum Gasteiger partial charge on any atom is 0.167 e. The molecule has 0 fully saturated rings. The number of hydrogen-bond acceptors (Lipinski definition) is 2. The van der Waals surface area contributed by atoms with Gasteiger partial charge in [0.05, 0.1) is 6.61 Å². The summed E-state index contributed by atoms with van der Waals surface area (Å²) in [4.78, 5) is 3.18. The van der Waals surface area contributed by atoms with E-state index in [4.69, 9.17) is 4.74 Å². The van der Waals surface area contributed by atoms with Crippen LogP contribution in [0.5, 0.6) is 5.75 Å². The predicted molar refractivity (Wildman–Crippen MR) is 83.2 cm³/mol. The van der Waals surface area contributed by atoms with E-state index in [0.717, 1.165) is 16.8 Å². The van der Waals surface area contributed by atoms with Gasteiger partial charge in [-0.05, 0) is 42.1 Å². The van der Waals surface area contributed by atoms with Crippen molar-refractivity contribution < 1.29 is 9.13 Å². The minimum absolute atomic E-state index is 0.288. The van der Waals surface area contributed by atoms with Crippen molar-refractivity contribution in [1.82, 2.24) is 4.98 Å². The topological polar surface area (TPSA) is 37.0 Å². The maximum atomic E-state index is 13.8. The molecule has 0 radical (unpaired) electrons. The Hall–Kier alpha value is -2.49. The molecule has 0 amide bonds. The summed E-state index contributed by atoms with van der Waals surface area (Å²) in [5, 5.41) is 4.40. The smallest absolute Gasteiger partial charge is 0.167 e. The molecule has 0 atom stereocenters. The largest absolute Gasteiger partial charge is 0.491 e. The minimum atomic E-state index is -0.346. The van der Waals surface area contributed by atoms with Crippen molar-refractivity contribution in [3.63, 3.8) is 0 Å². The third-order valence-electron chi connectivity index (χ3n) is 3.35. The molecule has 4 heteroatoms. The van der Waals surface area contributed by atoms with Crippen molar-refractivity contribution in [1.29, 1.82) is 0 Å². The van der Waals surface area contributed by atoms with Crippen LogP contribution in [0.1, 0.15) is 12.5 Å². The van der Waals surface area contributed by atoms with Crippen LogP contribution >= 0.6 is 0 Å². The molecule has 3 nitrogen and oxygen atoms in total. The quantitative estimate of drug-likeness (QED) is 0.732. The Bertz CT molecular complexity index is 751. The number of anilines is 1. The summed E-state index contributed by atoms with van der Waals surface area (Å²) in [6.07, 6.45) is 1.92. The summed E-state index contributed by atoms with van der Waals surface area (Å²) in [5.74, 6) is -0.0578. The molecule has 3 rings (SSSR count). The number of rotatable bonds is 5. The van der Waals surface area contributed by atoms with Gasteiger partial charge >= 0.3 is 0 Å². The first-order valence-electron chi connectivity index (χ1n) is 6.98. The van der Waals surface area contributed by atoms with Crippen molar-refractivity contribution in [3.8, 4) is 5.75 Å². The van der Waals surface area contributed by atoms with Gasteiger partial charge in [0.25, 0.3) is 0 Å². The summed E-state index contributed by atoms with van der Waals surface area (Å²) >= 11 is 0. The number of hydrogen-bond donors (Lipinski definition) is 2. The normalized spacial score (nSPS) is 10.8. The molecule has 0 aliphatic carbocycles. The second-order valence-electron chi connectivity index (χ2n) is 4.83. The van der Waals surface area contributed by atoms with Gasteiger partial charge in [0, 0.05) is 30.0 Å². The molecule has 0 spiro atoms. The first kappa shape index (κ1) is 13.5. The Balaban J connectivity index is 1.70. The molecule has 0 aliphatic heterocycles. The lowest BCUT2D eigenvalue weighted by atomic mass is 10.1. The number of aromatic nitrogens is 1. The molecule has 2 N–H and O–H groups in total. The molecular formula is C17H17FN2O. The fourth-order valence-corrected chi connectivity index (χ4v) is 2.29. The zero-order chi connectivity index (χ0) is 14.7. The Kier molecular flexibility index (Phi) is 3.77. The average molecular weight is 284 g/mol. The molecule has 21 heavy (non-hydrogen) atoms. The zero-order valence-electron chi connectivity index (χ0n) is 11.8. The highest BCUT2D eigenvalue weighted by Gasteiger charge is 2.04. The number of benzene rings is 2. The molecule has 108 valence electrons. The summed E-state index contributed by atoms with van der Waals surface area (Å²) < 4.78 is 18.9. The Morgan fingerprint density at radius 2 is 2.05 bits per heavy atom. The first-order chi connectivity index (χ1) is 10.3. The van der Waals surface area contributed by atoms with Crippen LogP contribution in [-0.2, 0) is 6.54 Å². The van der Waals surface area contributed by atoms with Crippen LogP contribution in [0.15, 0.2) is 48.7 Å². The number of aromatic amines is 1. The summed E-state index contributed by atoms with van der Waals surface area (Å²) in [6, 6.07) is 13.2. The van der Waals surface area contributed by atoms with Crippen LogP contribution in [0.3, 0.4) is 0 Å². The van der Waals surface area contributed by atoms with Crippen molar-refractivity contribution in [2.24, 2.45) is 0 Å². The van der Waals surface area contributed by atoms with E-state index >= 15 is 0 Å². The molecule has 0 aliphatic rings. The number of H-pyrrole nitrogens is 1. The highest BCUT2D eigenvalue weighted by molar-refractivity contribution is 5.79. The summed E-state index contributed by atoms with van der Waals surface area (Å²) in [5.41, 5.74) is 2.98. The molecular weight excluding hydrogens is 267 g/mol. The van der Waals surface area contributed by atoms with E-state index in [9.17, 15) is 4.39 Å². The lowest BCUT2D eigenvalue weighted by Gasteiger charge is -2.09. The van der Waals surface area contributed by atoms with Crippen molar-refractivity contribution in [2.75, 3.05) is 11.9 Å². The molecule has 0 saturated heterocycles. The van der Waals surface area contributed by atoms with E-state index in [1.807, 2.05) is 25.3 Å². The Morgan fingerprint density at radius 1 is 1.14 bits per heavy atom. The lowest BCUT2D eigenvalue weighted by Crippen LogP contribution is -2.01. The van der Waals surface area contributed by atoms with Crippen LogP contribution < -0.4 is 10.1 Å². The summed E-state index contributed by atoms with van der Waals surface area (Å²) in [7, 11) is 0. The molecule has 1 aromatic heterocycles. The first-order valence-corrected chi connectivity index (χ1v) is 6.98. The standard InChI is InChI=1S/C17H17FN2O/c1-2-21-17-6-5-14(10-15(17)18)20-11-12-3-4-13-7-8-19-16(13)9-12/h3-10,19-20H,2,11H2,1H3. The second kappa shape index (κ2) is 5.87. The van der Waals surface area contributed by atoms with Gasteiger partial charge in [-0.15, -0.1) is 0 Å². The number of fused-ring (bicyclic) bond motifs is 1. The number of halogens is 1. The summed E-state index contributed by atoms with van der Waals surface area (Å²) in [6.45, 7) is 2.94. The number of nitrogens with one attached hydrogen (secondary N) is 2. The lowest BCUT2D eigenvalue weighted by molar-refractivity contribution is 0.321. The van der Waals surface area contributed by atoms with E-state index in [-0.39, 0.29) is 11.6 Å². The van der Waals surface area contributed by atoms with Crippen LogP contribution in [0.2, 0.25) is 0 Å². The monoisotopic (exact) mass is 284 g/mol. The molecule has 1 heterocycles. The Labute approximate surface area is 122 Å². The van der Waals surface area contributed by atoms with E-state index in [1.54, 1.807) is 6.07 Å². The Morgan fingerprint density at radius 3 is 2.86 bits per heavy atom. The van der Waals surface area contributed by atoms with E-state index in [0.29, 0.717) is 13.2 Å². The molecule has 0 saturated carbocycles. The highest BCUT2D eigenvalue weighted by atomic mass is 19.1. The van der Waals surface area contributed by atoms with E-state index in [2.05, 4.69) is 28.5 Å². The van der Waals surface area contributed by atoms with Gasteiger partial charge in [-0.1, -0.05) is 12.1 Å². The third kappa shape index (κ3) is 2.99. The van der Waals surface area contributed by atoms with Crippen molar-refractivity contribution in [2.45, 2.75) is 13.5 Å². The van der Waals surface area contributed by atoms with Gasteiger partial charge in [0.2, 0.25) is 0 Å². The van der Waals surface area contributed by atoms with Crippen LogP contribution in [-0.4, -0.2) is 11.6 Å². The van der Waals surface area contributed by atoms with Gasteiger partial charge in [-0.3, -0.25) is 0 Å². The van der Waals surface area contributed by atoms with Crippen molar-refractivity contribution >= 4 is 16.6 Å². The fourth-order valence-electron chi connectivity index (χ4n) is 2.29. The fraction of sp³-hybridized carbons (Fsp3) is 0.176. The molecule has 2 aromatic carbocycles. The predicted octanol–water partition coefficient (Wildman–Crippen LogP) is 4.32. The maximum absolute atomic E-state index is 13.8. The van der Waals surface area contributed by atoms with E-state index < -0.39 is 0 Å². The van der Waals surface area contributed by atoms with E-state index in [1.165, 1.54) is 11.5 Å². The van der Waals surface area contributed by atoms with Crippen LogP contribution in [0, 0.1) is 5.82 Å². The van der Waals surface area contributed by atoms with Gasteiger partial charge < -0.3 is 15.0 Å². The van der Waals surface area contributed by atoms with Gasteiger partial charge in [0.15, 0.2) is 11.6 Å². The molecule has 0 unspecified atom stereocenters. The number of ether oxygens (including phenoxy) is 1. The highest BCUT2D eigenvalue weighted by Crippen LogP contribution is 2.22. The SMILES string of the molecule is CCOc1ccc(NCc2ccc3cc[nH]c3c2)cc1F. The third-order valence-corrected chi connectivity index (χ3v) is 3.35. The van der Waals surface area contributed by atoms with Crippen LogP contribution in [0.4, 0.5) is 10.1 Å². The van der Waals surface area contributed by atoms with Gasteiger partial charge in [0.1, 0.15) is 0 Å². The minimum Gasteiger partial charge on any atom is -0.491 e.